The van der Waals surface area contributed by atoms with Gasteiger partial charge < -0.3 is 10.4 Å². The maximum absolute atomic E-state index is 11.0. The number of carbonyl (C=O) groups is 1. The Morgan fingerprint density at radius 3 is 2.62 bits per heavy atom. The molecular weight excluding hydrogens is 208 g/mol. The van der Waals surface area contributed by atoms with Crippen LogP contribution in [0.4, 0.5) is 5.95 Å². The van der Waals surface area contributed by atoms with Crippen LogP contribution in [0.25, 0.3) is 0 Å². The summed E-state index contributed by atoms with van der Waals surface area (Å²) in [5.41, 5.74) is 0. The van der Waals surface area contributed by atoms with Gasteiger partial charge in [0.15, 0.2) is 0 Å². The molecule has 1 aliphatic rings. The minimum atomic E-state index is -1.02. The van der Waals surface area contributed by atoms with Gasteiger partial charge in [0.25, 0.3) is 0 Å². The van der Waals surface area contributed by atoms with Gasteiger partial charge in [0.05, 0.1) is 0 Å². The molecule has 0 aromatic carbocycles. The van der Waals surface area contributed by atoms with Crippen LogP contribution in [0.5, 0.6) is 0 Å². The second-order valence-electron chi connectivity index (χ2n) is 4.41. The zero-order chi connectivity index (χ0) is 11.7. The lowest BCUT2D eigenvalue weighted by Gasteiger charge is -2.28. The van der Waals surface area contributed by atoms with Crippen molar-refractivity contribution in [3.05, 3.63) is 5.82 Å². The number of anilines is 1. The molecule has 6 heteroatoms. The number of aromatic carboxylic acids is 1. The summed E-state index contributed by atoms with van der Waals surface area (Å²) in [5.74, 6) is -0.416. The zero-order valence-corrected chi connectivity index (χ0v) is 9.47. The van der Waals surface area contributed by atoms with E-state index in [4.69, 9.17) is 5.11 Å². The Morgan fingerprint density at radius 2 is 2.19 bits per heavy atom. The number of hydrogen-bond donors (Lipinski definition) is 2. The minimum absolute atomic E-state index is 0.0350. The van der Waals surface area contributed by atoms with Crippen molar-refractivity contribution in [1.29, 1.82) is 0 Å². The predicted octanol–water partition coefficient (Wildman–Crippen LogP) is 1.52. The van der Waals surface area contributed by atoms with Crippen LogP contribution in [0.1, 0.15) is 49.8 Å². The van der Waals surface area contributed by atoms with Crippen molar-refractivity contribution in [3.8, 4) is 0 Å². The van der Waals surface area contributed by atoms with E-state index in [1.807, 2.05) is 13.8 Å². The lowest BCUT2D eigenvalue weighted by Crippen LogP contribution is -2.24. The standard InChI is InChI=1S/C10H16N4O2/c1-6(2)11-10-13-12-8(9(15)16)14(10)7-4-3-5-7/h6-7H,3-5H2,1-2H3,(H,11,13)(H,15,16). The molecule has 6 nitrogen and oxygen atoms in total. The first kappa shape index (κ1) is 10.9. The Kier molecular flexibility index (Phi) is 2.80. The highest BCUT2D eigenvalue weighted by Gasteiger charge is 2.28. The number of aromatic nitrogens is 3. The monoisotopic (exact) mass is 224 g/mol. The molecule has 88 valence electrons. The predicted molar refractivity (Wildman–Crippen MR) is 58.6 cm³/mol. The van der Waals surface area contributed by atoms with Crippen LogP contribution in [0, 0.1) is 0 Å². The van der Waals surface area contributed by atoms with Crippen LogP contribution < -0.4 is 5.32 Å². The van der Waals surface area contributed by atoms with Crippen LogP contribution in [-0.2, 0) is 0 Å². The van der Waals surface area contributed by atoms with Gasteiger partial charge >= 0.3 is 5.97 Å². The van der Waals surface area contributed by atoms with Crippen molar-refractivity contribution in [3.63, 3.8) is 0 Å². The third kappa shape index (κ3) is 1.87. The lowest BCUT2D eigenvalue weighted by atomic mass is 9.93. The quantitative estimate of drug-likeness (QED) is 0.810. The molecule has 1 aromatic rings. The van der Waals surface area contributed by atoms with Crippen molar-refractivity contribution >= 4 is 11.9 Å². The topological polar surface area (TPSA) is 80.0 Å². The first-order chi connectivity index (χ1) is 7.59. The molecule has 1 aliphatic carbocycles. The molecule has 2 N–H and O–H groups in total. The number of rotatable bonds is 4. The van der Waals surface area contributed by atoms with Crippen LogP contribution in [0.3, 0.4) is 0 Å². The fourth-order valence-electron chi connectivity index (χ4n) is 1.78. The summed E-state index contributed by atoms with van der Waals surface area (Å²) >= 11 is 0. The molecule has 0 aliphatic heterocycles. The van der Waals surface area contributed by atoms with Crippen molar-refractivity contribution in [2.24, 2.45) is 0 Å². The highest BCUT2D eigenvalue weighted by Crippen LogP contribution is 2.34. The van der Waals surface area contributed by atoms with Gasteiger partial charge in [-0.3, -0.25) is 4.57 Å². The molecule has 0 bridgehead atoms. The van der Waals surface area contributed by atoms with E-state index in [9.17, 15) is 4.79 Å². The average molecular weight is 224 g/mol. The van der Waals surface area contributed by atoms with Crippen molar-refractivity contribution in [2.75, 3.05) is 5.32 Å². The molecule has 1 heterocycles. The van der Waals surface area contributed by atoms with Crippen LogP contribution in [0.15, 0.2) is 0 Å². The summed E-state index contributed by atoms with van der Waals surface area (Å²) in [4.78, 5) is 11.0. The summed E-state index contributed by atoms with van der Waals surface area (Å²) in [6, 6.07) is 0.451. The number of nitrogens with one attached hydrogen (secondary N) is 1. The molecule has 0 radical (unpaired) electrons. The molecule has 0 unspecified atom stereocenters. The smallest absolute Gasteiger partial charge is 0.374 e. The Hall–Kier alpha value is -1.59. The Labute approximate surface area is 93.7 Å². The van der Waals surface area contributed by atoms with Crippen LogP contribution in [-0.4, -0.2) is 31.9 Å². The maximum atomic E-state index is 11.0. The van der Waals surface area contributed by atoms with Crippen molar-refractivity contribution in [2.45, 2.75) is 45.2 Å². The van der Waals surface area contributed by atoms with Gasteiger partial charge in [-0.05, 0) is 33.1 Å². The minimum Gasteiger partial charge on any atom is -0.475 e. The van der Waals surface area contributed by atoms with E-state index in [0.29, 0.717) is 5.95 Å². The van der Waals surface area contributed by atoms with Crippen LogP contribution in [0.2, 0.25) is 0 Å². The van der Waals surface area contributed by atoms with E-state index in [0.717, 1.165) is 19.3 Å². The molecule has 0 spiro atoms. The molecule has 1 fully saturated rings. The molecule has 2 rings (SSSR count). The van der Waals surface area contributed by atoms with Crippen molar-refractivity contribution in [1.82, 2.24) is 14.8 Å². The van der Waals surface area contributed by atoms with E-state index in [1.54, 1.807) is 4.57 Å². The number of nitrogens with zero attached hydrogens (tertiary/aromatic N) is 3. The highest BCUT2D eigenvalue weighted by molar-refractivity contribution is 5.84. The molecule has 0 amide bonds. The Bertz CT molecular complexity index is 396. The SMILES string of the molecule is CC(C)Nc1nnc(C(=O)O)n1C1CCC1. The van der Waals surface area contributed by atoms with Gasteiger partial charge in [-0.15, -0.1) is 10.2 Å². The van der Waals surface area contributed by atoms with Gasteiger partial charge in [0.2, 0.25) is 11.8 Å². The first-order valence-corrected chi connectivity index (χ1v) is 5.54. The average Bonchev–Trinajstić information content (AvgIpc) is 2.45. The summed E-state index contributed by atoms with van der Waals surface area (Å²) in [7, 11) is 0. The Balaban J connectivity index is 2.33. The number of hydrogen-bond acceptors (Lipinski definition) is 4. The molecule has 1 saturated carbocycles. The summed E-state index contributed by atoms with van der Waals surface area (Å²) in [6.07, 6.45) is 3.15. The fraction of sp³-hybridized carbons (Fsp3) is 0.700. The van der Waals surface area contributed by atoms with Gasteiger partial charge in [-0.25, -0.2) is 4.79 Å². The molecule has 0 atom stereocenters. The summed E-state index contributed by atoms with van der Waals surface area (Å²) in [6.45, 7) is 3.97. The highest BCUT2D eigenvalue weighted by atomic mass is 16.4. The zero-order valence-electron chi connectivity index (χ0n) is 9.47. The number of carboxylic acid groups (broad SMARTS) is 1. The third-order valence-corrected chi connectivity index (χ3v) is 2.74. The normalized spacial score (nSPS) is 16.2. The van der Waals surface area contributed by atoms with Gasteiger partial charge in [-0.2, -0.15) is 0 Å². The van der Waals surface area contributed by atoms with Gasteiger partial charge in [-0.1, -0.05) is 0 Å². The molecular formula is C10H16N4O2. The van der Waals surface area contributed by atoms with E-state index in [-0.39, 0.29) is 17.9 Å². The van der Waals surface area contributed by atoms with E-state index < -0.39 is 5.97 Å². The third-order valence-electron chi connectivity index (χ3n) is 2.74. The molecule has 1 aromatic heterocycles. The van der Waals surface area contributed by atoms with E-state index >= 15 is 0 Å². The van der Waals surface area contributed by atoms with Gasteiger partial charge in [0, 0.05) is 12.1 Å². The molecule has 0 saturated heterocycles. The second kappa shape index (κ2) is 4.11. The summed E-state index contributed by atoms with van der Waals surface area (Å²) in [5, 5.41) is 19.8. The number of carboxylic acids is 1. The first-order valence-electron chi connectivity index (χ1n) is 5.54. The van der Waals surface area contributed by atoms with Crippen LogP contribution >= 0.6 is 0 Å². The maximum Gasteiger partial charge on any atom is 0.374 e. The second-order valence-corrected chi connectivity index (χ2v) is 4.41. The molecule has 16 heavy (non-hydrogen) atoms. The van der Waals surface area contributed by atoms with E-state index in [2.05, 4.69) is 15.5 Å². The van der Waals surface area contributed by atoms with Crippen molar-refractivity contribution < 1.29 is 9.90 Å². The Morgan fingerprint density at radius 1 is 1.50 bits per heavy atom. The van der Waals surface area contributed by atoms with Gasteiger partial charge in [0.1, 0.15) is 0 Å². The largest absolute Gasteiger partial charge is 0.475 e. The summed E-state index contributed by atoms with van der Waals surface area (Å²) < 4.78 is 1.71. The lowest BCUT2D eigenvalue weighted by molar-refractivity contribution is 0.0671. The fourth-order valence-corrected chi connectivity index (χ4v) is 1.78. The van der Waals surface area contributed by atoms with E-state index in [1.165, 1.54) is 0 Å².